The van der Waals surface area contributed by atoms with Gasteiger partial charge in [0.05, 0.1) is 18.5 Å². The van der Waals surface area contributed by atoms with Crippen LogP contribution in [0.4, 0.5) is 19.9 Å². The standard InChI is InChI=1S/C21H31FN5O14P/c1-10(2)39-18(30)34-8-37-42(33,38-9-35-19(31)40-11(3)4)36-6-21(22)15(29)20(5,32)16(41-21)27-7-24-12-13(27)25-17(23)26-14(12)28/h7,10-11,15-16,29,32H,6,8-9H2,1-5H3,(H3,23,25,26,28). The number of H-pyrrole nitrogens is 1. The van der Waals surface area contributed by atoms with E-state index in [2.05, 4.69) is 24.4 Å². The van der Waals surface area contributed by atoms with Crippen LogP contribution in [0, 0.1) is 0 Å². The highest BCUT2D eigenvalue weighted by Crippen LogP contribution is 2.53. The number of rotatable bonds is 12. The number of alkyl halides is 1. The van der Waals surface area contributed by atoms with Crippen LogP contribution in [0.25, 0.3) is 11.2 Å². The number of aromatic nitrogens is 4. The van der Waals surface area contributed by atoms with E-state index in [0.29, 0.717) is 0 Å². The van der Waals surface area contributed by atoms with Gasteiger partial charge in [-0.1, -0.05) is 0 Å². The van der Waals surface area contributed by atoms with Crippen LogP contribution in [0.5, 0.6) is 0 Å². The predicted molar refractivity (Wildman–Crippen MR) is 134 cm³/mol. The molecule has 1 aliphatic heterocycles. The second kappa shape index (κ2) is 12.9. The van der Waals surface area contributed by atoms with Crippen molar-refractivity contribution in [1.29, 1.82) is 0 Å². The zero-order chi connectivity index (χ0) is 31.5. The van der Waals surface area contributed by atoms with Gasteiger partial charge in [-0.15, -0.1) is 0 Å². The highest BCUT2D eigenvalue weighted by atomic mass is 31.2. The van der Waals surface area contributed by atoms with Gasteiger partial charge in [0, 0.05) is 0 Å². The van der Waals surface area contributed by atoms with Crippen molar-refractivity contribution in [3.05, 3.63) is 16.7 Å². The molecular weight excluding hydrogens is 596 g/mol. The lowest BCUT2D eigenvalue weighted by atomic mass is 9.95. The third-order valence-electron chi connectivity index (χ3n) is 5.33. The summed E-state index contributed by atoms with van der Waals surface area (Å²) in [6.07, 6.45) is -6.73. The number of nitrogens with zero attached hydrogens (tertiary/aromatic N) is 3. The zero-order valence-electron chi connectivity index (χ0n) is 23.0. The minimum absolute atomic E-state index is 0.216. The van der Waals surface area contributed by atoms with E-state index in [9.17, 15) is 29.2 Å². The number of hydrogen-bond donors (Lipinski definition) is 4. The molecular formula is C21H31FN5O14P. The molecule has 42 heavy (non-hydrogen) atoms. The fourth-order valence-electron chi connectivity index (χ4n) is 3.52. The number of carbonyl (C=O) groups is 2. The first kappa shape index (κ1) is 33.1. The average Bonchev–Trinajstić information content (AvgIpc) is 3.35. The molecule has 1 fully saturated rings. The molecule has 3 heterocycles. The number of nitrogen functional groups attached to an aromatic ring is 1. The molecule has 4 unspecified atom stereocenters. The maximum Gasteiger partial charge on any atom is 0.510 e. The molecule has 4 atom stereocenters. The maximum atomic E-state index is 16.0. The Bertz CT molecular complexity index is 1350. The van der Waals surface area contributed by atoms with E-state index in [1.165, 1.54) is 27.7 Å². The second-order valence-corrected chi connectivity index (χ2v) is 11.2. The summed E-state index contributed by atoms with van der Waals surface area (Å²) in [7, 11) is -4.97. The molecule has 5 N–H and O–H groups in total. The van der Waals surface area contributed by atoms with Crippen LogP contribution in [0.2, 0.25) is 0 Å². The van der Waals surface area contributed by atoms with Crippen molar-refractivity contribution in [2.45, 2.75) is 70.6 Å². The summed E-state index contributed by atoms with van der Waals surface area (Å²) in [5, 5.41) is 21.6. The highest BCUT2D eigenvalue weighted by molar-refractivity contribution is 7.48. The van der Waals surface area contributed by atoms with Crippen molar-refractivity contribution in [3.63, 3.8) is 0 Å². The molecule has 0 aromatic carbocycles. The van der Waals surface area contributed by atoms with Crippen LogP contribution in [0.1, 0.15) is 40.8 Å². The van der Waals surface area contributed by atoms with Crippen LogP contribution < -0.4 is 11.3 Å². The van der Waals surface area contributed by atoms with Crippen LogP contribution in [-0.2, 0) is 41.8 Å². The number of hydrogen-bond acceptors (Lipinski definition) is 17. The van der Waals surface area contributed by atoms with Crippen molar-refractivity contribution in [3.8, 4) is 0 Å². The molecule has 0 saturated carbocycles. The van der Waals surface area contributed by atoms with Crippen LogP contribution >= 0.6 is 7.82 Å². The molecule has 0 bridgehead atoms. The summed E-state index contributed by atoms with van der Waals surface area (Å²) in [5.74, 6) is -3.63. The van der Waals surface area contributed by atoms with Gasteiger partial charge in [0.1, 0.15) is 18.3 Å². The molecule has 0 radical (unpaired) electrons. The molecule has 1 aliphatic rings. The van der Waals surface area contributed by atoms with E-state index >= 15 is 4.39 Å². The Morgan fingerprint density at radius 3 is 2.24 bits per heavy atom. The summed E-state index contributed by atoms with van der Waals surface area (Å²) < 4.78 is 68.6. The van der Waals surface area contributed by atoms with Crippen molar-refractivity contribution < 1.29 is 66.0 Å². The molecule has 2 aromatic rings. The fraction of sp³-hybridized carbons (Fsp3) is 0.667. The third kappa shape index (κ3) is 7.71. The van der Waals surface area contributed by atoms with Gasteiger partial charge in [0.25, 0.3) is 11.4 Å². The number of aliphatic hydroxyl groups is 2. The Kier molecular flexibility index (Phi) is 10.1. The Balaban J connectivity index is 1.77. The summed E-state index contributed by atoms with van der Waals surface area (Å²) in [4.78, 5) is 45.3. The molecule has 0 aliphatic carbocycles. The van der Waals surface area contributed by atoms with Crippen molar-refractivity contribution in [1.82, 2.24) is 19.5 Å². The molecule has 3 rings (SSSR count). The zero-order valence-corrected chi connectivity index (χ0v) is 23.9. The lowest BCUT2D eigenvalue weighted by Crippen LogP contribution is -2.49. The quantitative estimate of drug-likeness (QED) is 0.146. The number of nitrogens with two attached hydrogens (primary N) is 1. The summed E-state index contributed by atoms with van der Waals surface area (Å²) in [5.41, 5.74) is 1.96. The number of aromatic amines is 1. The van der Waals surface area contributed by atoms with Crippen molar-refractivity contribution in [2.75, 3.05) is 25.9 Å². The number of anilines is 1. The SMILES string of the molecule is CC(C)OC(=O)OCOP(=O)(OCOC(=O)OC(C)C)OCC1(F)OC(n2cnc3c(=O)[nH]c(N)nc32)C(C)(O)C1O. The van der Waals surface area contributed by atoms with E-state index in [-0.39, 0.29) is 17.1 Å². The maximum absolute atomic E-state index is 16.0. The second-order valence-electron chi connectivity index (χ2n) is 9.50. The summed E-state index contributed by atoms with van der Waals surface area (Å²) in [6.45, 7) is 3.50. The Morgan fingerprint density at radius 2 is 1.71 bits per heavy atom. The van der Waals surface area contributed by atoms with E-state index in [1.807, 2.05) is 0 Å². The van der Waals surface area contributed by atoms with E-state index in [1.54, 1.807) is 0 Å². The van der Waals surface area contributed by atoms with Crippen molar-refractivity contribution in [2.24, 2.45) is 0 Å². The number of ether oxygens (including phenoxy) is 5. The Morgan fingerprint density at radius 1 is 1.17 bits per heavy atom. The summed E-state index contributed by atoms with van der Waals surface area (Å²) >= 11 is 0. The molecule has 2 aromatic heterocycles. The fourth-order valence-corrected chi connectivity index (χ4v) is 4.44. The number of nitrogens with one attached hydrogen (secondary N) is 1. The minimum atomic E-state index is -4.97. The first-order valence-electron chi connectivity index (χ1n) is 12.2. The predicted octanol–water partition coefficient (Wildman–Crippen LogP) is 1.20. The van der Waals surface area contributed by atoms with Gasteiger partial charge in [-0.05, 0) is 34.6 Å². The molecule has 236 valence electrons. The number of fused-ring (bicyclic) bond motifs is 1. The lowest BCUT2D eigenvalue weighted by molar-refractivity contribution is -0.205. The van der Waals surface area contributed by atoms with Crippen LogP contribution in [0.15, 0.2) is 11.1 Å². The van der Waals surface area contributed by atoms with E-state index < -0.39 is 81.9 Å². The van der Waals surface area contributed by atoms with Gasteiger partial charge < -0.3 is 39.6 Å². The monoisotopic (exact) mass is 627 g/mol. The number of aliphatic hydroxyl groups excluding tert-OH is 1. The van der Waals surface area contributed by atoms with E-state index in [4.69, 9.17) is 33.5 Å². The normalized spacial score (nSPS) is 24.3. The molecule has 19 nitrogen and oxygen atoms in total. The molecule has 0 spiro atoms. The van der Waals surface area contributed by atoms with Crippen molar-refractivity contribution >= 4 is 37.2 Å². The average molecular weight is 627 g/mol. The molecule has 21 heteroatoms. The third-order valence-corrected chi connectivity index (χ3v) is 6.62. The largest absolute Gasteiger partial charge is 0.510 e. The van der Waals surface area contributed by atoms with Gasteiger partial charge >= 0.3 is 20.1 Å². The Hall–Kier alpha value is -3.39. The van der Waals surface area contributed by atoms with Gasteiger partial charge in [-0.2, -0.15) is 4.98 Å². The number of imidazole rings is 1. The summed E-state index contributed by atoms with van der Waals surface area (Å²) in [6, 6.07) is 0. The first-order chi connectivity index (χ1) is 19.5. The minimum Gasteiger partial charge on any atom is -0.432 e. The number of carbonyl (C=O) groups excluding carboxylic acids is 2. The van der Waals surface area contributed by atoms with Crippen LogP contribution in [0.3, 0.4) is 0 Å². The van der Waals surface area contributed by atoms with Gasteiger partial charge in [0.15, 0.2) is 17.4 Å². The van der Waals surface area contributed by atoms with Gasteiger partial charge in [0.2, 0.25) is 19.5 Å². The Labute approximate surface area is 236 Å². The highest BCUT2D eigenvalue weighted by Gasteiger charge is 2.64. The molecule has 1 saturated heterocycles. The lowest BCUT2D eigenvalue weighted by Gasteiger charge is -2.28. The number of phosphoric ester groups is 1. The first-order valence-corrected chi connectivity index (χ1v) is 13.6. The number of phosphoric acid groups is 1. The van der Waals surface area contributed by atoms with Crippen LogP contribution in [-0.4, -0.2) is 92.0 Å². The number of halogens is 1. The topological polar surface area (TPSA) is 255 Å². The smallest absolute Gasteiger partial charge is 0.432 e. The van der Waals surface area contributed by atoms with Gasteiger partial charge in [-0.25, -0.2) is 32.6 Å². The van der Waals surface area contributed by atoms with Gasteiger partial charge in [-0.3, -0.25) is 18.9 Å². The van der Waals surface area contributed by atoms with E-state index in [0.717, 1.165) is 17.8 Å². The molecule has 0 amide bonds.